The number of nitrogens with zero attached hydrogens (tertiary/aromatic N) is 1. The molecule has 20 heavy (non-hydrogen) atoms. The first-order valence-corrected chi connectivity index (χ1v) is 7.83. The molecule has 1 aromatic heterocycles. The van der Waals surface area contributed by atoms with E-state index in [1.807, 2.05) is 43.3 Å². The first-order valence-electron chi connectivity index (χ1n) is 6.84. The molecular weight excluding hydrogens is 268 g/mol. The molecule has 0 spiro atoms. The van der Waals surface area contributed by atoms with Crippen molar-refractivity contribution in [3.8, 4) is 0 Å². The number of carbonyl (C=O) groups excluding carboxylic acids is 1. The average Bonchev–Trinajstić information content (AvgIpc) is 2.44. The Morgan fingerprint density at radius 2 is 1.95 bits per heavy atom. The van der Waals surface area contributed by atoms with E-state index in [9.17, 15) is 4.79 Å². The summed E-state index contributed by atoms with van der Waals surface area (Å²) >= 11 is 1.47. The van der Waals surface area contributed by atoms with Gasteiger partial charge in [-0.1, -0.05) is 49.9 Å². The highest BCUT2D eigenvalue weighted by atomic mass is 32.2. The molecule has 3 nitrogen and oxygen atoms in total. The van der Waals surface area contributed by atoms with Crippen LogP contribution in [0.4, 0.5) is 0 Å². The minimum Gasteiger partial charge on any atom is -0.353 e. The molecule has 2 rings (SSSR count). The number of pyridine rings is 1. The number of thioether (sulfide) groups is 1. The van der Waals surface area contributed by atoms with E-state index >= 15 is 0 Å². The maximum absolute atomic E-state index is 11.8. The number of hydrogen-bond acceptors (Lipinski definition) is 3. The summed E-state index contributed by atoms with van der Waals surface area (Å²) in [4.78, 5) is 16.4. The number of benzene rings is 1. The summed E-state index contributed by atoms with van der Waals surface area (Å²) in [6, 6.07) is 12.2. The van der Waals surface area contributed by atoms with E-state index in [1.54, 1.807) is 0 Å². The van der Waals surface area contributed by atoms with Gasteiger partial charge in [0.2, 0.25) is 5.91 Å². The number of para-hydroxylation sites is 1. The summed E-state index contributed by atoms with van der Waals surface area (Å²) in [6.07, 6.45) is 0. The van der Waals surface area contributed by atoms with Gasteiger partial charge in [-0.2, -0.15) is 0 Å². The van der Waals surface area contributed by atoms with Crippen molar-refractivity contribution in [1.29, 1.82) is 0 Å². The van der Waals surface area contributed by atoms with Crippen LogP contribution in [0.25, 0.3) is 10.9 Å². The first kappa shape index (κ1) is 14.9. The summed E-state index contributed by atoms with van der Waals surface area (Å²) in [5.41, 5.74) is 0.966. The minimum atomic E-state index is 0.0613. The zero-order valence-corrected chi connectivity index (χ0v) is 12.9. The smallest absolute Gasteiger partial charge is 0.230 e. The molecule has 0 bridgehead atoms. The maximum Gasteiger partial charge on any atom is 0.230 e. The number of aromatic nitrogens is 1. The van der Waals surface area contributed by atoms with Crippen LogP contribution in [-0.2, 0) is 4.79 Å². The van der Waals surface area contributed by atoms with Crippen LogP contribution in [-0.4, -0.2) is 22.7 Å². The number of fused-ring (bicyclic) bond motifs is 1. The van der Waals surface area contributed by atoms with E-state index in [4.69, 9.17) is 0 Å². The molecule has 106 valence electrons. The van der Waals surface area contributed by atoms with Crippen molar-refractivity contribution >= 4 is 28.6 Å². The quantitative estimate of drug-likeness (QED) is 0.856. The van der Waals surface area contributed by atoms with Crippen LogP contribution in [0, 0.1) is 5.92 Å². The molecule has 1 N–H and O–H groups in total. The number of carbonyl (C=O) groups is 1. The Kier molecular flexibility index (Phi) is 5.01. The molecule has 0 aliphatic rings. The summed E-state index contributed by atoms with van der Waals surface area (Å²) < 4.78 is 0. The zero-order chi connectivity index (χ0) is 14.5. The minimum absolute atomic E-state index is 0.0613. The fourth-order valence-electron chi connectivity index (χ4n) is 1.73. The van der Waals surface area contributed by atoms with Crippen molar-refractivity contribution in [3.05, 3.63) is 36.4 Å². The van der Waals surface area contributed by atoms with Crippen molar-refractivity contribution in [2.24, 2.45) is 5.92 Å². The molecule has 1 atom stereocenters. The third-order valence-corrected chi connectivity index (χ3v) is 4.24. The van der Waals surface area contributed by atoms with Gasteiger partial charge >= 0.3 is 0 Å². The van der Waals surface area contributed by atoms with Gasteiger partial charge in [0, 0.05) is 11.4 Å². The first-order chi connectivity index (χ1) is 9.56. The van der Waals surface area contributed by atoms with Gasteiger partial charge in [0.05, 0.1) is 16.3 Å². The van der Waals surface area contributed by atoms with Crippen LogP contribution >= 0.6 is 11.8 Å². The Morgan fingerprint density at radius 3 is 2.70 bits per heavy atom. The van der Waals surface area contributed by atoms with Crippen LogP contribution < -0.4 is 5.32 Å². The lowest BCUT2D eigenvalue weighted by Gasteiger charge is -2.17. The highest BCUT2D eigenvalue weighted by Crippen LogP contribution is 2.19. The second-order valence-corrected chi connectivity index (χ2v) is 6.23. The highest BCUT2D eigenvalue weighted by Gasteiger charge is 2.11. The van der Waals surface area contributed by atoms with Crippen molar-refractivity contribution in [2.75, 3.05) is 5.75 Å². The molecule has 1 unspecified atom stereocenters. The van der Waals surface area contributed by atoms with Crippen LogP contribution in [0.3, 0.4) is 0 Å². The molecule has 0 fully saturated rings. The fraction of sp³-hybridized carbons (Fsp3) is 0.375. The number of nitrogens with one attached hydrogen (secondary N) is 1. The lowest BCUT2D eigenvalue weighted by atomic mass is 10.1. The second kappa shape index (κ2) is 6.75. The standard InChI is InChI=1S/C16H20N2OS/c1-11(2)12(3)17-15(19)10-20-16-9-8-13-6-4-5-7-14(13)18-16/h4-9,11-12H,10H2,1-3H3,(H,17,19). The summed E-state index contributed by atoms with van der Waals surface area (Å²) in [6.45, 7) is 6.23. The number of amides is 1. The van der Waals surface area contributed by atoms with E-state index in [0.717, 1.165) is 15.9 Å². The van der Waals surface area contributed by atoms with Crippen LogP contribution in [0.15, 0.2) is 41.4 Å². The number of hydrogen-bond donors (Lipinski definition) is 1. The Hall–Kier alpha value is -1.55. The van der Waals surface area contributed by atoms with Crippen molar-refractivity contribution < 1.29 is 4.79 Å². The van der Waals surface area contributed by atoms with Gasteiger partial charge in [-0.05, 0) is 25.0 Å². The van der Waals surface area contributed by atoms with Gasteiger partial charge in [0.1, 0.15) is 0 Å². The van der Waals surface area contributed by atoms with Gasteiger partial charge in [-0.3, -0.25) is 4.79 Å². The van der Waals surface area contributed by atoms with Crippen LogP contribution in [0.2, 0.25) is 0 Å². The predicted octanol–water partition coefficient (Wildman–Crippen LogP) is 3.49. The van der Waals surface area contributed by atoms with E-state index in [1.165, 1.54) is 11.8 Å². The van der Waals surface area contributed by atoms with Crippen molar-refractivity contribution in [3.63, 3.8) is 0 Å². The lowest BCUT2D eigenvalue weighted by Crippen LogP contribution is -2.37. The molecule has 0 saturated heterocycles. The molecule has 1 amide bonds. The largest absolute Gasteiger partial charge is 0.353 e. The van der Waals surface area contributed by atoms with E-state index in [-0.39, 0.29) is 11.9 Å². The Morgan fingerprint density at radius 1 is 1.20 bits per heavy atom. The molecule has 1 aromatic carbocycles. The van der Waals surface area contributed by atoms with Crippen LogP contribution in [0.5, 0.6) is 0 Å². The Bertz CT molecular complexity index is 598. The normalized spacial score (nSPS) is 12.6. The van der Waals surface area contributed by atoms with E-state index < -0.39 is 0 Å². The lowest BCUT2D eigenvalue weighted by molar-refractivity contribution is -0.119. The van der Waals surface area contributed by atoms with E-state index in [2.05, 4.69) is 24.1 Å². The topological polar surface area (TPSA) is 42.0 Å². The number of rotatable bonds is 5. The van der Waals surface area contributed by atoms with Gasteiger partial charge in [0.15, 0.2) is 0 Å². The average molecular weight is 288 g/mol. The van der Waals surface area contributed by atoms with Crippen LogP contribution in [0.1, 0.15) is 20.8 Å². The third kappa shape index (κ3) is 3.97. The zero-order valence-electron chi connectivity index (χ0n) is 12.1. The summed E-state index contributed by atoms with van der Waals surface area (Å²) in [5.74, 6) is 0.913. The monoisotopic (exact) mass is 288 g/mol. The molecule has 0 aliphatic heterocycles. The Labute approximate surface area is 124 Å². The molecule has 0 radical (unpaired) electrons. The molecule has 1 heterocycles. The summed E-state index contributed by atoms with van der Waals surface area (Å²) in [7, 11) is 0. The van der Waals surface area contributed by atoms with Gasteiger partial charge in [-0.15, -0.1) is 0 Å². The third-order valence-electron chi connectivity index (χ3n) is 3.31. The van der Waals surface area contributed by atoms with Gasteiger partial charge in [0.25, 0.3) is 0 Å². The van der Waals surface area contributed by atoms with Gasteiger partial charge < -0.3 is 5.32 Å². The fourth-order valence-corrected chi connectivity index (χ4v) is 2.42. The second-order valence-electron chi connectivity index (χ2n) is 5.23. The molecule has 0 aliphatic carbocycles. The van der Waals surface area contributed by atoms with E-state index in [0.29, 0.717) is 11.7 Å². The van der Waals surface area contributed by atoms with Gasteiger partial charge in [-0.25, -0.2) is 4.98 Å². The Balaban J connectivity index is 1.94. The highest BCUT2D eigenvalue weighted by molar-refractivity contribution is 7.99. The molecule has 0 saturated carbocycles. The SMILES string of the molecule is CC(C)C(C)NC(=O)CSc1ccc2ccccc2n1. The van der Waals surface area contributed by atoms with Crippen molar-refractivity contribution in [1.82, 2.24) is 10.3 Å². The predicted molar refractivity (Wildman–Crippen MR) is 84.9 cm³/mol. The summed E-state index contributed by atoms with van der Waals surface area (Å²) in [5, 5.41) is 5.00. The molecular formula is C16H20N2OS. The molecule has 2 aromatic rings. The maximum atomic E-state index is 11.8. The van der Waals surface area contributed by atoms with Crippen molar-refractivity contribution in [2.45, 2.75) is 31.8 Å². The molecule has 4 heteroatoms.